The third-order valence-electron chi connectivity index (χ3n) is 3.23. The Morgan fingerprint density at radius 3 is 2.12 bits per heavy atom. The number of ether oxygens (including phenoxy) is 1. The van der Waals surface area contributed by atoms with Gasteiger partial charge in [-0.25, -0.2) is 9.59 Å². The highest BCUT2D eigenvalue weighted by molar-refractivity contribution is 6.67. The summed E-state index contributed by atoms with van der Waals surface area (Å²) in [5.41, 5.74) is 3.80. The average Bonchev–Trinajstić information content (AvgIpc) is 2.48. The van der Waals surface area contributed by atoms with Crippen molar-refractivity contribution in [3.05, 3.63) is 35.4 Å². The highest BCUT2D eigenvalue weighted by Crippen LogP contribution is 2.26. The topological polar surface area (TPSA) is 64.6 Å². The molecule has 8 heteroatoms. The molecule has 1 N–H and O–H groups in total. The Balaban J connectivity index is 2.54. The van der Waals surface area contributed by atoms with Crippen molar-refractivity contribution in [3.63, 3.8) is 0 Å². The molecule has 1 atom stereocenters. The fourth-order valence-corrected chi connectivity index (χ4v) is 1.93. The summed E-state index contributed by atoms with van der Waals surface area (Å²) in [5.74, 6) is -1.20. The third-order valence-corrected chi connectivity index (χ3v) is 3.56. The monoisotopic (exact) mass is 395 g/mol. The van der Waals surface area contributed by atoms with E-state index in [0.717, 1.165) is 11.1 Å². The Morgan fingerprint density at radius 2 is 1.67 bits per heavy atom. The van der Waals surface area contributed by atoms with Gasteiger partial charge in [0.05, 0.1) is 5.92 Å². The molecule has 0 saturated heterocycles. The van der Waals surface area contributed by atoms with Crippen molar-refractivity contribution in [3.8, 4) is 0 Å². The van der Waals surface area contributed by atoms with E-state index in [-0.39, 0.29) is 5.41 Å². The van der Waals surface area contributed by atoms with Gasteiger partial charge >= 0.3 is 12.1 Å². The van der Waals surface area contributed by atoms with E-state index in [4.69, 9.17) is 39.6 Å². The van der Waals surface area contributed by atoms with Gasteiger partial charge in [-0.05, 0) is 23.5 Å². The summed E-state index contributed by atoms with van der Waals surface area (Å²) in [5, 5.41) is 0. The van der Waals surface area contributed by atoms with Crippen LogP contribution in [-0.4, -0.2) is 22.5 Å². The second kappa shape index (κ2) is 8.28. The van der Waals surface area contributed by atoms with E-state index in [0.29, 0.717) is 0 Å². The van der Waals surface area contributed by atoms with E-state index in [1.54, 1.807) is 6.92 Å². The zero-order chi connectivity index (χ0) is 18.5. The predicted octanol–water partition coefficient (Wildman–Crippen LogP) is 4.64. The highest BCUT2D eigenvalue weighted by atomic mass is 35.6. The summed E-state index contributed by atoms with van der Waals surface area (Å²) in [6.45, 7) is 7.51. The summed E-state index contributed by atoms with van der Waals surface area (Å²) in [6, 6.07) is 7.63. The lowest BCUT2D eigenvalue weighted by molar-refractivity contribution is -0.151. The first-order chi connectivity index (χ1) is 10.9. The molecule has 134 valence electrons. The molecule has 1 rings (SSSR count). The molecule has 1 amide bonds. The van der Waals surface area contributed by atoms with E-state index >= 15 is 0 Å². The maximum atomic E-state index is 12.0. The van der Waals surface area contributed by atoms with Gasteiger partial charge in [0.25, 0.3) is 0 Å². The van der Waals surface area contributed by atoms with Crippen molar-refractivity contribution in [2.24, 2.45) is 0 Å². The van der Waals surface area contributed by atoms with Crippen LogP contribution in [0, 0.1) is 0 Å². The molecule has 0 aliphatic heterocycles. The van der Waals surface area contributed by atoms with Crippen molar-refractivity contribution in [2.75, 3.05) is 6.61 Å². The fraction of sp³-hybridized carbons (Fsp3) is 0.500. The van der Waals surface area contributed by atoms with Gasteiger partial charge in [0.1, 0.15) is 6.61 Å². The number of carbonyl (C=O) groups excluding carboxylic acids is 2. The van der Waals surface area contributed by atoms with Crippen LogP contribution in [0.4, 0.5) is 4.79 Å². The van der Waals surface area contributed by atoms with Gasteiger partial charge in [-0.3, -0.25) is 0 Å². The molecule has 24 heavy (non-hydrogen) atoms. The van der Waals surface area contributed by atoms with Gasteiger partial charge in [0.2, 0.25) is 3.79 Å². The molecule has 0 fully saturated rings. The first kappa shape index (κ1) is 20.9. The highest BCUT2D eigenvalue weighted by Gasteiger charge is 2.23. The molecule has 5 nitrogen and oxygen atoms in total. The fourth-order valence-electron chi connectivity index (χ4n) is 1.77. The first-order valence-corrected chi connectivity index (χ1v) is 8.34. The van der Waals surface area contributed by atoms with Crippen LogP contribution < -0.4 is 5.48 Å². The molecule has 1 aromatic rings. The SMILES string of the molecule is CC(C(=O)ONC(=O)OCC(Cl)(Cl)Cl)c1ccc(C(C)(C)C)cc1. The average molecular weight is 397 g/mol. The minimum absolute atomic E-state index is 0.0239. The zero-order valence-corrected chi connectivity index (χ0v) is 16.1. The zero-order valence-electron chi connectivity index (χ0n) is 13.9. The number of halogens is 3. The molecule has 0 spiro atoms. The maximum Gasteiger partial charge on any atom is 0.440 e. The Bertz CT molecular complexity index is 576. The Morgan fingerprint density at radius 1 is 1.12 bits per heavy atom. The molecular weight excluding hydrogens is 377 g/mol. The van der Waals surface area contributed by atoms with Crippen LogP contribution in [0.25, 0.3) is 0 Å². The van der Waals surface area contributed by atoms with E-state index < -0.39 is 28.4 Å². The molecule has 0 saturated carbocycles. The number of hydrogen-bond donors (Lipinski definition) is 1. The van der Waals surface area contributed by atoms with Crippen molar-refractivity contribution >= 4 is 46.9 Å². The number of alkyl halides is 3. The summed E-state index contributed by atoms with van der Waals surface area (Å²) >= 11 is 16.3. The van der Waals surface area contributed by atoms with Crippen molar-refractivity contribution in [2.45, 2.75) is 42.8 Å². The van der Waals surface area contributed by atoms with Crippen molar-refractivity contribution in [1.29, 1.82) is 0 Å². The molecule has 0 aliphatic rings. The summed E-state index contributed by atoms with van der Waals surface area (Å²) in [6.07, 6.45) is -1.02. The van der Waals surface area contributed by atoms with Gasteiger partial charge < -0.3 is 9.57 Å². The molecule has 0 aromatic heterocycles. The van der Waals surface area contributed by atoms with Crippen molar-refractivity contribution in [1.82, 2.24) is 5.48 Å². The van der Waals surface area contributed by atoms with E-state index in [2.05, 4.69) is 25.5 Å². The molecule has 0 aliphatic carbocycles. The second-order valence-corrected chi connectivity index (χ2v) is 8.82. The predicted molar refractivity (Wildman–Crippen MR) is 94.4 cm³/mol. The lowest BCUT2D eigenvalue weighted by atomic mass is 9.86. The van der Waals surface area contributed by atoms with Crippen LogP contribution in [0.3, 0.4) is 0 Å². The molecule has 0 radical (unpaired) electrons. The van der Waals surface area contributed by atoms with Crippen LogP contribution >= 0.6 is 34.8 Å². The van der Waals surface area contributed by atoms with Gasteiger partial charge in [-0.1, -0.05) is 79.8 Å². The van der Waals surface area contributed by atoms with Gasteiger partial charge in [-0.2, -0.15) is 0 Å². The number of hydrogen-bond acceptors (Lipinski definition) is 4. The maximum absolute atomic E-state index is 12.0. The standard InChI is InChI=1S/C16H20Cl3NO4/c1-10(11-5-7-12(8-6-11)15(2,3)4)13(21)24-20-14(22)23-9-16(17,18)19/h5-8,10H,9H2,1-4H3,(H,20,22). The lowest BCUT2D eigenvalue weighted by Gasteiger charge is -2.20. The largest absolute Gasteiger partial charge is 0.443 e. The summed E-state index contributed by atoms with van der Waals surface area (Å²) < 4.78 is 2.84. The molecular formula is C16H20Cl3NO4. The third kappa shape index (κ3) is 7.16. The Labute approximate surface area is 156 Å². The minimum Gasteiger partial charge on any atom is -0.443 e. The van der Waals surface area contributed by atoms with Gasteiger partial charge in [-0.15, -0.1) is 5.48 Å². The number of hydroxylamine groups is 1. The van der Waals surface area contributed by atoms with Crippen LogP contribution in [0.2, 0.25) is 0 Å². The first-order valence-electron chi connectivity index (χ1n) is 7.21. The number of nitrogens with one attached hydrogen (secondary N) is 1. The summed E-state index contributed by atoms with van der Waals surface area (Å²) in [7, 11) is 0. The molecule has 0 bridgehead atoms. The number of amides is 1. The van der Waals surface area contributed by atoms with E-state index in [9.17, 15) is 9.59 Å². The van der Waals surface area contributed by atoms with Crippen LogP contribution in [0.5, 0.6) is 0 Å². The number of benzene rings is 1. The van der Waals surface area contributed by atoms with Gasteiger partial charge in [0, 0.05) is 0 Å². The Hall–Kier alpha value is -1.17. The molecule has 1 unspecified atom stereocenters. The Kier molecular flexibility index (Phi) is 7.20. The molecule has 0 heterocycles. The molecule has 1 aromatic carbocycles. The van der Waals surface area contributed by atoms with Crippen LogP contribution in [-0.2, 0) is 19.8 Å². The van der Waals surface area contributed by atoms with Crippen LogP contribution in [0.1, 0.15) is 44.7 Å². The number of rotatable bonds is 3. The van der Waals surface area contributed by atoms with Gasteiger partial charge in [0.15, 0.2) is 0 Å². The smallest absolute Gasteiger partial charge is 0.440 e. The summed E-state index contributed by atoms with van der Waals surface area (Å²) in [4.78, 5) is 28.0. The quantitative estimate of drug-likeness (QED) is 0.597. The van der Waals surface area contributed by atoms with E-state index in [1.807, 2.05) is 29.7 Å². The second-order valence-electron chi connectivity index (χ2n) is 6.31. The van der Waals surface area contributed by atoms with Crippen molar-refractivity contribution < 1.29 is 19.2 Å². The van der Waals surface area contributed by atoms with Crippen LogP contribution in [0.15, 0.2) is 24.3 Å². The minimum atomic E-state index is -1.73. The normalized spacial score (nSPS) is 13.1. The van der Waals surface area contributed by atoms with E-state index in [1.165, 1.54) is 0 Å². The number of carbonyl (C=O) groups is 2. The lowest BCUT2D eigenvalue weighted by Crippen LogP contribution is -2.31.